The van der Waals surface area contributed by atoms with E-state index in [0.29, 0.717) is 0 Å². The Labute approximate surface area is 105 Å². The predicted octanol–water partition coefficient (Wildman–Crippen LogP) is 4.82. The lowest BCUT2D eigenvalue weighted by Crippen LogP contribution is -2.29. The SMILES string of the molecule is CC(C)[C@@H]1C2CC(c3ccccc32)[C@@H]1C(C)C. The zero-order valence-corrected chi connectivity index (χ0v) is 11.5. The van der Waals surface area contributed by atoms with Crippen molar-refractivity contribution < 1.29 is 0 Å². The Morgan fingerprint density at radius 2 is 1.24 bits per heavy atom. The second kappa shape index (κ2) is 3.86. The van der Waals surface area contributed by atoms with Gasteiger partial charge in [0.1, 0.15) is 0 Å². The summed E-state index contributed by atoms with van der Waals surface area (Å²) in [6, 6.07) is 9.21. The largest absolute Gasteiger partial charge is 0.0625 e. The molecular weight excluding hydrogens is 204 g/mol. The Morgan fingerprint density at radius 1 is 0.824 bits per heavy atom. The lowest BCUT2D eigenvalue weighted by molar-refractivity contribution is 0.194. The van der Waals surface area contributed by atoms with E-state index in [0.717, 1.165) is 35.5 Å². The summed E-state index contributed by atoms with van der Waals surface area (Å²) >= 11 is 0. The van der Waals surface area contributed by atoms with Crippen molar-refractivity contribution in [2.24, 2.45) is 23.7 Å². The van der Waals surface area contributed by atoms with Gasteiger partial charge in [0.05, 0.1) is 0 Å². The second-order valence-electron chi connectivity index (χ2n) is 6.72. The van der Waals surface area contributed by atoms with Crippen molar-refractivity contribution in [2.45, 2.75) is 46.0 Å². The number of hydrogen-bond donors (Lipinski definition) is 0. The molecule has 2 aliphatic rings. The van der Waals surface area contributed by atoms with Crippen molar-refractivity contribution in [1.82, 2.24) is 0 Å². The average molecular weight is 228 g/mol. The van der Waals surface area contributed by atoms with Gasteiger partial charge in [-0.1, -0.05) is 52.0 Å². The Bertz CT molecular complexity index is 377. The first-order valence-corrected chi connectivity index (χ1v) is 7.20. The molecule has 0 nitrogen and oxygen atoms in total. The molecule has 0 radical (unpaired) electrons. The smallest absolute Gasteiger partial charge is 0.0119 e. The van der Waals surface area contributed by atoms with E-state index in [1.54, 1.807) is 11.1 Å². The average Bonchev–Trinajstić information content (AvgIpc) is 2.84. The maximum Gasteiger partial charge on any atom is -0.0119 e. The molecule has 0 heterocycles. The fourth-order valence-corrected chi connectivity index (χ4v) is 4.80. The van der Waals surface area contributed by atoms with Gasteiger partial charge in [0.2, 0.25) is 0 Å². The van der Waals surface area contributed by atoms with E-state index in [-0.39, 0.29) is 0 Å². The Hall–Kier alpha value is -0.780. The molecule has 0 aromatic heterocycles. The molecule has 92 valence electrons. The summed E-state index contributed by atoms with van der Waals surface area (Å²) < 4.78 is 0. The van der Waals surface area contributed by atoms with Crippen molar-refractivity contribution >= 4 is 0 Å². The van der Waals surface area contributed by atoms with Gasteiger partial charge >= 0.3 is 0 Å². The summed E-state index contributed by atoms with van der Waals surface area (Å²) in [7, 11) is 0. The molecule has 1 fully saturated rings. The second-order valence-corrected chi connectivity index (χ2v) is 6.72. The van der Waals surface area contributed by atoms with Gasteiger partial charge in [-0.05, 0) is 53.1 Å². The summed E-state index contributed by atoms with van der Waals surface area (Å²) in [6.45, 7) is 9.68. The van der Waals surface area contributed by atoms with Gasteiger partial charge in [-0.2, -0.15) is 0 Å². The van der Waals surface area contributed by atoms with Crippen LogP contribution in [0.1, 0.15) is 57.1 Å². The maximum absolute atomic E-state index is 2.42. The van der Waals surface area contributed by atoms with E-state index in [4.69, 9.17) is 0 Å². The molecule has 0 amide bonds. The van der Waals surface area contributed by atoms with Crippen LogP contribution in [0.5, 0.6) is 0 Å². The first-order chi connectivity index (χ1) is 8.11. The van der Waals surface area contributed by atoms with Gasteiger partial charge in [0.25, 0.3) is 0 Å². The third-order valence-electron chi connectivity index (χ3n) is 5.22. The molecule has 0 aliphatic heterocycles. The summed E-state index contributed by atoms with van der Waals surface area (Å²) in [6.07, 6.45) is 1.42. The molecule has 0 heteroatoms. The molecule has 2 unspecified atom stereocenters. The molecular formula is C17H24. The molecule has 2 aliphatic carbocycles. The summed E-state index contributed by atoms with van der Waals surface area (Å²) in [5, 5.41) is 0. The van der Waals surface area contributed by atoms with Gasteiger partial charge in [0.15, 0.2) is 0 Å². The van der Waals surface area contributed by atoms with Gasteiger partial charge in [-0.15, -0.1) is 0 Å². The first-order valence-electron chi connectivity index (χ1n) is 7.20. The molecule has 0 saturated heterocycles. The first kappa shape index (κ1) is 11.3. The van der Waals surface area contributed by atoms with E-state index >= 15 is 0 Å². The lowest BCUT2D eigenvalue weighted by Gasteiger charge is -2.37. The molecule has 1 aromatic rings. The van der Waals surface area contributed by atoms with E-state index in [2.05, 4.69) is 52.0 Å². The lowest BCUT2D eigenvalue weighted by atomic mass is 9.67. The van der Waals surface area contributed by atoms with Crippen molar-refractivity contribution in [3.05, 3.63) is 35.4 Å². The Kier molecular flexibility index (Phi) is 2.57. The zero-order chi connectivity index (χ0) is 12.2. The van der Waals surface area contributed by atoms with Crippen LogP contribution in [0, 0.1) is 23.7 Å². The fourth-order valence-electron chi connectivity index (χ4n) is 4.80. The highest BCUT2D eigenvalue weighted by Gasteiger charge is 2.51. The van der Waals surface area contributed by atoms with Gasteiger partial charge in [-0.25, -0.2) is 0 Å². The van der Waals surface area contributed by atoms with Crippen LogP contribution >= 0.6 is 0 Å². The van der Waals surface area contributed by atoms with Crippen LogP contribution < -0.4 is 0 Å². The van der Waals surface area contributed by atoms with Crippen LogP contribution in [0.4, 0.5) is 0 Å². The number of fused-ring (bicyclic) bond motifs is 5. The van der Waals surface area contributed by atoms with E-state index in [9.17, 15) is 0 Å². The van der Waals surface area contributed by atoms with E-state index < -0.39 is 0 Å². The van der Waals surface area contributed by atoms with Crippen LogP contribution in [0.25, 0.3) is 0 Å². The van der Waals surface area contributed by atoms with Crippen molar-refractivity contribution in [3.8, 4) is 0 Å². The summed E-state index contributed by atoms with van der Waals surface area (Å²) in [5.41, 5.74) is 3.35. The summed E-state index contributed by atoms with van der Waals surface area (Å²) in [4.78, 5) is 0. The van der Waals surface area contributed by atoms with Crippen molar-refractivity contribution in [1.29, 1.82) is 0 Å². The quantitative estimate of drug-likeness (QED) is 0.681. The minimum atomic E-state index is 0.825. The number of hydrogen-bond acceptors (Lipinski definition) is 0. The van der Waals surface area contributed by atoms with Crippen LogP contribution in [-0.2, 0) is 0 Å². The Balaban J connectivity index is 2.06. The molecule has 1 saturated carbocycles. The third-order valence-corrected chi connectivity index (χ3v) is 5.22. The van der Waals surface area contributed by atoms with Crippen LogP contribution in [0.3, 0.4) is 0 Å². The zero-order valence-electron chi connectivity index (χ0n) is 11.5. The normalized spacial score (nSPS) is 34.7. The van der Waals surface area contributed by atoms with Crippen LogP contribution in [0.15, 0.2) is 24.3 Å². The highest BCUT2D eigenvalue weighted by molar-refractivity contribution is 5.43. The molecule has 1 aromatic carbocycles. The molecule has 2 bridgehead atoms. The topological polar surface area (TPSA) is 0 Å². The van der Waals surface area contributed by atoms with Crippen LogP contribution in [-0.4, -0.2) is 0 Å². The summed E-state index contributed by atoms with van der Waals surface area (Å²) in [5.74, 6) is 5.17. The van der Waals surface area contributed by atoms with Crippen molar-refractivity contribution in [3.63, 3.8) is 0 Å². The van der Waals surface area contributed by atoms with Gasteiger partial charge in [-0.3, -0.25) is 0 Å². The van der Waals surface area contributed by atoms with Crippen LogP contribution in [0.2, 0.25) is 0 Å². The molecule has 0 spiro atoms. The highest BCUT2D eigenvalue weighted by atomic mass is 14.6. The van der Waals surface area contributed by atoms with Crippen molar-refractivity contribution in [2.75, 3.05) is 0 Å². The fraction of sp³-hybridized carbons (Fsp3) is 0.647. The van der Waals surface area contributed by atoms with E-state index in [1.807, 2.05) is 0 Å². The molecule has 3 rings (SSSR count). The van der Waals surface area contributed by atoms with E-state index in [1.165, 1.54) is 6.42 Å². The molecule has 0 N–H and O–H groups in total. The number of benzene rings is 1. The number of rotatable bonds is 2. The monoisotopic (exact) mass is 228 g/mol. The van der Waals surface area contributed by atoms with Gasteiger partial charge in [0, 0.05) is 0 Å². The highest BCUT2D eigenvalue weighted by Crippen LogP contribution is 2.63. The third kappa shape index (κ3) is 1.49. The Morgan fingerprint density at radius 3 is 1.59 bits per heavy atom. The minimum absolute atomic E-state index is 0.825. The predicted molar refractivity (Wildman–Crippen MR) is 73.2 cm³/mol. The standard InChI is InChI=1S/C17H24/c1-10(2)16-14-9-15(17(16)11(3)4)13-8-6-5-7-12(13)14/h5-8,10-11,14-17H,9H2,1-4H3/t14?,15?,16-,17+. The minimum Gasteiger partial charge on any atom is -0.0625 e. The maximum atomic E-state index is 2.42. The molecule has 17 heavy (non-hydrogen) atoms. The molecule has 4 atom stereocenters. The van der Waals surface area contributed by atoms with Gasteiger partial charge < -0.3 is 0 Å².